The number of anilines is 1. The van der Waals surface area contributed by atoms with Crippen LogP contribution < -0.4 is 5.32 Å². The first-order chi connectivity index (χ1) is 8.70. The summed E-state index contributed by atoms with van der Waals surface area (Å²) in [6, 6.07) is 1.99. The number of hydrogen-bond acceptors (Lipinski definition) is 6. The quantitative estimate of drug-likeness (QED) is 0.875. The largest absolute Gasteiger partial charge is 0.464 e. The molecule has 0 atom stereocenters. The van der Waals surface area contributed by atoms with E-state index in [0.29, 0.717) is 12.4 Å². The highest BCUT2D eigenvalue weighted by molar-refractivity contribution is 9.10. The third-order valence-corrected chi connectivity index (χ3v) is 4.09. The first-order valence-corrected chi connectivity index (χ1v) is 6.74. The second-order valence-corrected chi connectivity index (χ2v) is 5.18. The summed E-state index contributed by atoms with van der Waals surface area (Å²) in [6.07, 6.45) is 2.89. The van der Waals surface area contributed by atoms with Crippen LogP contribution in [0.5, 0.6) is 0 Å². The molecule has 1 N–H and O–H groups in total. The molecule has 0 saturated heterocycles. The highest BCUT2D eigenvalue weighted by Crippen LogP contribution is 2.23. The van der Waals surface area contributed by atoms with Crippen molar-refractivity contribution in [2.75, 3.05) is 12.4 Å². The van der Waals surface area contributed by atoms with Crippen LogP contribution in [-0.2, 0) is 11.3 Å². The predicted molar refractivity (Wildman–Crippen MR) is 72.7 cm³/mol. The van der Waals surface area contributed by atoms with Crippen molar-refractivity contribution in [1.82, 2.24) is 9.97 Å². The van der Waals surface area contributed by atoms with Gasteiger partial charge >= 0.3 is 5.97 Å². The number of methoxy groups -OCH3 is 1. The highest BCUT2D eigenvalue weighted by Gasteiger charge is 2.07. The van der Waals surface area contributed by atoms with Crippen molar-refractivity contribution in [2.45, 2.75) is 6.54 Å². The zero-order chi connectivity index (χ0) is 13.0. The normalized spacial score (nSPS) is 10.1. The van der Waals surface area contributed by atoms with Crippen LogP contribution in [0.15, 0.2) is 28.3 Å². The molecule has 2 aromatic rings. The number of carbonyl (C=O) groups is 1. The van der Waals surface area contributed by atoms with Gasteiger partial charge in [0.25, 0.3) is 0 Å². The summed E-state index contributed by atoms with van der Waals surface area (Å²) in [5.41, 5.74) is 0.195. The molecule has 0 aliphatic rings. The molecular weight excluding hydrogens is 318 g/mol. The Morgan fingerprint density at radius 1 is 1.50 bits per heavy atom. The number of nitrogens with one attached hydrogen (secondary N) is 1. The molecule has 0 aliphatic carbocycles. The number of thiophene rings is 1. The molecule has 2 aromatic heterocycles. The Balaban J connectivity index is 1.98. The SMILES string of the molecule is COC(=O)c1cnc(NCc2sccc2Br)cn1. The lowest BCUT2D eigenvalue weighted by Gasteiger charge is -2.04. The van der Waals surface area contributed by atoms with Gasteiger partial charge in [-0.25, -0.2) is 14.8 Å². The standard InChI is InChI=1S/C11H10BrN3O2S/c1-17-11(16)8-4-14-10(6-13-8)15-5-9-7(12)2-3-18-9/h2-4,6H,5H2,1H3,(H,14,15). The van der Waals surface area contributed by atoms with Gasteiger partial charge in [0.05, 0.1) is 26.0 Å². The molecule has 0 aromatic carbocycles. The van der Waals surface area contributed by atoms with Crippen molar-refractivity contribution >= 4 is 39.1 Å². The number of hydrogen-bond donors (Lipinski definition) is 1. The van der Waals surface area contributed by atoms with Gasteiger partial charge in [-0.1, -0.05) is 0 Å². The van der Waals surface area contributed by atoms with Crippen LogP contribution in [-0.4, -0.2) is 23.0 Å². The van der Waals surface area contributed by atoms with Crippen LogP contribution in [0.4, 0.5) is 5.82 Å². The monoisotopic (exact) mass is 327 g/mol. The summed E-state index contributed by atoms with van der Waals surface area (Å²) >= 11 is 5.10. The number of aromatic nitrogens is 2. The van der Waals surface area contributed by atoms with Gasteiger partial charge in [0.15, 0.2) is 5.69 Å². The molecule has 0 bridgehead atoms. The van der Waals surface area contributed by atoms with E-state index < -0.39 is 5.97 Å². The predicted octanol–water partition coefficient (Wildman–Crippen LogP) is 2.70. The summed E-state index contributed by atoms with van der Waals surface area (Å²) in [7, 11) is 1.31. The zero-order valence-electron chi connectivity index (χ0n) is 9.51. The van der Waals surface area contributed by atoms with Crippen LogP contribution in [0.1, 0.15) is 15.4 Å². The third kappa shape index (κ3) is 3.05. The highest BCUT2D eigenvalue weighted by atomic mass is 79.9. The topological polar surface area (TPSA) is 64.1 Å². The summed E-state index contributed by atoms with van der Waals surface area (Å²) in [5.74, 6) is 0.123. The number of nitrogens with zero attached hydrogens (tertiary/aromatic N) is 2. The molecule has 2 heterocycles. The number of ether oxygens (including phenoxy) is 1. The van der Waals surface area contributed by atoms with Crippen molar-refractivity contribution in [2.24, 2.45) is 0 Å². The molecule has 0 spiro atoms. The fourth-order valence-corrected chi connectivity index (χ4v) is 2.68. The van der Waals surface area contributed by atoms with Crippen LogP contribution in [0.2, 0.25) is 0 Å². The number of esters is 1. The smallest absolute Gasteiger partial charge is 0.358 e. The molecule has 94 valence electrons. The molecule has 5 nitrogen and oxygen atoms in total. The first kappa shape index (κ1) is 13.0. The van der Waals surface area contributed by atoms with Gasteiger partial charge in [-0.2, -0.15) is 0 Å². The van der Waals surface area contributed by atoms with Crippen LogP contribution in [0.25, 0.3) is 0 Å². The third-order valence-electron chi connectivity index (χ3n) is 2.17. The lowest BCUT2D eigenvalue weighted by Crippen LogP contribution is -2.07. The van der Waals surface area contributed by atoms with E-state index in [1.165, 1.54) is 24.4 Å². The van der Waals surface area contributed by atoms with Crippen molar-refractivity contribution in [3.8, 4) is 0 Å². The lowest BCUT2D eigenvalue weighted by molar-refractivity contribution is 0.0593. The second-order valence-electron chi connectivity index (χ2n) is 3.32. The molecule has 0 fully saturated rings. The average molecular weight is 328 g/mol. The van der Waals surface area contributed by atoms with Gasteiger partial charge in [0.2, 0.25) is 0 Å². The Morgan fingerprint density at radius 2 is 2.33 bits per heavy atom. The zero-order valence-corrected chi connectivity index (χ0v) is 11.9. The molecule has 18 heavy (non-hydrogen) atoms. The molecule has 0 aliphatic heterocycles. The number of rotatable bonds is 4. The molecular formula is C11H10BrN3O2S. The fraction of sp³-hybridized carbons (Fsp3) is 0.182. The Labute approximate surface area is 116 Å². The number of carbonyl (C=O) groups excluding carboxylic acids is 1. The van der Waals surface area contributed by atoms with E-state index in [2.05, 4.69) is 36.0 Å². The van der Waals surface area contributed by atoms with Gasteiger partial charge < -0.3 is 10.1 Å². The van der Waals surface area contributed by atoms with Crippen LogP contribution in [0.3, 0.4) is 0 Å². The molecule has 7 heteroatoms. The van der Waals surface area contributed by atoms with Gasteiger partial charge in [-0.15, -0.1) is 11.3 Å². The molecule has 0 radical (unpaired) electrons. The maximum atomic E-state index is 11.2. The van der Waals surface area contributed by atoms with Crippen molar-refractivity contribution in [3.05, 3.63) is 38.9 Å². The lowest BCUT2D eigenvalue weighted by atomic mass is 10.4. The van der Waals surface area contributed by atoms with Crippen molar-refractivity contribution in [1.29, 1.82) is 0 Å². The van der Waals surface area contributed by atoms with Gasteiger partial charge in [0, 0.05) is 9.35 Å². The van der Waals surface area contributed by atoms with E-state index in [1.807, 2.05) is 11.4 Å². The summed E-state index contributed by atoms with van der Waals surface area (Å²) in [6.45, 7) is 0.657. The van der Waals surface area contributed by atoms with Gasteiger partial charge in [-0.05, 0) is 27.4 Å². The molecule has 0 amide bonds. The van der Waals surface area contributed by atoms with Gasteiger partial charge in [-0.3, -0.25) is 0 Å². The van der Waals surface area contributed by atoms with E-state index in [9.17, 15) is 4.79 Å². The molecule has 0 unspecified atom stereocenters. The minimum atomic E-state index is -0.491. The summed E-state index contributed by atoms with van der Waals surface area (Å²) in [4.78, 5) is 20.4. The van der Waals surface area contributed by atoms with E-state index in [1.54, 1.807) is 11.3 Å². The Morgan fingerprint density at radius 3 is 2.89 bits per heavy atom. The average Bonchev–Trinajstić information content (AvgIpc) is 2.81. The van der Waals surface area contributed by atoms with Crippen molar-refractivity contribution in [3.63, 3.8) is 0 Å². The second kappa shape index (κ2) is 5.92. The van der Waals surface area contributed by atoms with E-state index in [-0.39, 0.29) is 5.69 Å². The van der Waals surface area contributed by atoms with Crippen LogP contribution in [0, 0.1) is 0 Å². The fourth-order valence-electron chi connectivity index (χ4n) is 1.25. The Kier molecular flexibility index (Phi) is 4.27. The minimum absolute atomic E-state index is 0.195. The molecule has 2 rings (SSSR count). The maximum Gasteiger partial charge on any atom is 0.358 e. The Hall–Kier alpha value is -1.47. The first-order valence-electron chi connectivity index (χ1n) is 5.07. The minimum Gasteiger partial charge on any atom is -0.464 e. The van der Waals surface area contributed by atoms with E-state index in [4.69, 9.17) is 0 Å². The van der Waals surface area contributed by atoms with E-state index >= 15 is 0 Å². The summed E-state index contributed by atoms with van der Waals surface area (Å²) < 4.78 is 5.61. The Bertz CT molecular complexity index is 541. The summed E-state index contributed by atoms with van der Waals surface area (Å²) in [5, 5.41) is 5.13. The van der Waals surface area contributed by atoms with Gasteiger partial charge in [0.1, 0.15) is 5.82 Å². The van der Waals surface area contributed by atoms with Crippen molar-refractivity contribution < 1.29 is 9.53 Å². The maximum absolute atomic E-state index is 11.2. The number of halogens is 1. The van der Waals surface area contributed by atoms with E-state index in [0.717, 1.165) is 4.47 Å². The van der Waals surface area contributed by atoms with Crippen LogP contribution >= 0.6 is 27.3 Å². The molecule has 0 saturated carbocycles.